The average Bonchev–Trinajstić information content (AvgIpc) is 3.46. The number of piperidine rings is 1. The van der Waals surface area contributed by atoms with Gasteiger partial charge in [0.25, 0.3) is 0 Å². The lowest BCUT2D eigenvalue weighted by atomic mass is 10.00. The molecule has 28 heavy (non-hydrogen) atoms. The standard InChI is InChI=1S/C20H25ClN4O2S/c1-13-4-6-24(7-5-13)19-22-23-20(25(19)17-2-3-17)28-11-15-9-16(21)8-14-10-26-12-27-18(14)15/h8-9,13,17H,2-7,10-12H2,1H3. The van der Waals surface area contributed by atoms with E-state index in [1.54, 1.807) is 11.8 Å². The summed E-state index contributed by atoms with van der Waals surface area (Å²) in [5, 5.41) is 10.9. The molecule has 0 spiro atoms. The van der Waals surface area contributed by atoms with Gasteiger partial charge in [0.05, 0.1) is 6.61 Å². The molecular weight excluding hydrogens is 396 g/mol. The molecule has 0 atom stereocenters. The van der Waals surface area contributed by atoms with Crippen molar-refractivity contribution in [2.45, 2.75) is 56.2 Å². The third kappa shape index (κ3) is 3.72. The highest BCUT2D eigenvalue weighted by molar-refractivity contribution is 7.98. The summed E-state index contributed by atoms with van der Waals surface area (Å²) >= 11 is 8.03. The lowest BCUT2D eigenvalue weighted by molar-refractivity contribution is -0.0168. The van der Waals surface area contributed by atoms with Crippen LogP contribution >= 0.6 is 23.4 Å². The molecule has 1 aliphatic carbocycles. The monoisotopic (exact) mass is 420 g/mol. The van der Waals surface area contributed by atoms with Crippen molar-refractivity contribution in [1.29, 1.82) is 0 Å². The van der Waals surface area contributed by atoms with Crippen molar-refractivity contribution in [3.8, 4) is 5.75 Å². The van der Waals surface area contributed by atoms with E-state index in [0.717, 1.165) is 57.8 Å². The van der Waals surface area contributed by atoms with E-state index in [-0.39, 0.29) is 0 Å². The van der Waals surface area contributed by atoms with Gasteiger partial charge >= 0.3 is 0 Å². The Morgan fingerprint density at radius 2 is 2.00 bits per heavy atom. The third-order valence-electron chi connectivity index (χ3n) is 5.73. The fourth-order valence-electron chi connectivity index (χ4n) is 3.95. The molecule has 1 aromatic carbocycles. The van der Waals surface area contributed by atoms with Crippen molar-refractivity contribution in [1.82, 2.24) is 14.8 Å². The zero-order chi connectivity index (χ0) is 19.1. The van der Waals surface area contributed by atoms with Crippen LogP contribution in [0.15, 0.2) is 17.3 Å². The molecule has 1 saturated heterocycles. The number of hydrogen-bond donors (Lipinski definition) is 0. The quantitative estimate of drug-likeness (QED) is 0.655. The molecule has 8 heteroatoms. The molecular formula is C20H25ClN4O2S. The van der Waals surface area contributed by atoms with Crippen LogP contribution in [0.1, 0.15) is 49.8 Å². The number of thioether (sulfide) groups is 1. The molecule has 0 radical (unpaired) electrons. The first-order valence-electron chi connectivity index (χ1n) is 10.0. The number of anilines is 1. The SMILES string of the molecule is CC1CCN(c2nnc(SCc3cc(Cl)cc4c3OCOC4)n2C2CC2)CC1. The molecule has 0 unspecified atom stereocenters. The number of nitrogens with zero attached hydrogens (tertiary/aromatic N) is 4. The van der Waals surface area contributed by atoms with Gasteiger partial charge in [-0.1, -0.05) is 30.3 Å². The molecule has 0 amide bonds. The maximum Gasteiger partial charge on any atom is 0.228 e. The van der Waals surface area contributed by atoms with Gasteiger partial charge in [0.15, 0.2) is 11.9 Å². The van der Waals surface area contributed by atoms with Gasteiger partial charge in [-0.3, -0.25) is 4.57 Å². The van der Waals surface area contributed by atoms with Gasteiger partial charge in [-0.05, 0) is 43.7 Å². The number of hydrogen-bond acceptors (Lipinski definition) is 6. The zero-order valence-corrected chi connectivity index (χ0v) is 17.6. The molecule has 0 bridgehead atoms. The van der Waals surface area contributed by atoms with Crippen LogP contribution in [0.25, 0.3) is 0 Å². The van der Waals surface area contributed by atoms with Gasteiger partial charge in [-0.25, -0.2) is 0 Å². The van der Waals surface area contributed by atoms with Crippen molar-refractivity contribution in [2.75, 3.05) is 24.8 Å². The Morgan fingerprint density at radius 3 is 2.79 bits per heavy atom. The molecule has 6 nitrogen and oxygen atoms in total. The number of ether oxygens (including phenoxy) is 2. The van der Waals surface area contributed by atoms with E-state index in [4.69, 9.17) is 21.1 Å². The smallest absolute Gasteiger partial charge is 0.228 e. The lowest BCUT2D eigenvalue weighted by Gasteiger charge is -2.31. The fourth-order valence-corrected chi connectivity index (χ4v) is 5.18. The number of rotatable bonds is 5. The van der Waals surface area contributed by atoms with E-state index >= 15 is 0 Å². The Balaban J connectivity index is 1.37. The second kappa shape index (κ2) is 7.76. The minimum atomic E-state index is 0.294. The van der Waals surface area contributed by atoms with Gasteiger partial charge in [-0.15, -0.1) is 10.2 Å². The topological polar surface area (TPSA) is 52.4 Å². The van der Waals surface area contributed by atoms with Gasteiger partial charge in [0.1, 0.15) is 5.75 Å². The highest BCUT2D eigenvalue weighted by Crippen LogP contribution is 2.43. The van der Waals surface area contributed by atoms with Crippen molar-refractivity contribution in [3.63, 3.8) is 0 Å². The number of halogens is 1. The summed E-state index contributed by atoms with van der Waals surface area (Å²) in [4.78, 5) is 2.41. The predicted octanol–water partition coefficient (Wildman–Crippen LogP) is 4.66. The van der Waals surface area contributed by atoms with E-state index < -0.39 is 0 Å². The minimum absolute atomic E-state index is 0.294. The van der Waals surface area contributed by atoms with Crippen molar-refractivity contribution < 1.29 is 9.47 Å². The van der Waals surface area contributed by atoms with Crippen LogP contribution in [0.4, 0.5) is 5.95 Å². The first-order chi connectivity index (χ1) is 13.7. The second-order valence-corrected chi connectivity index (χ2v) is 9.38. The Hall–Kier alpha value is -1.44. The van der Waals surface area contributed by atoms with Crippen molar-refractivity contribution in [2.24, 2.45) is 5.92 Å². The fraction of sp³-hybridized carbons (Fsp3) is 0.600. The summed E-state index contributed by atoms with van der Waals surface area (Å²) in [5.41, 5.74) is 2.11. The minimum Gasteiger partial charge on any atom is -0.467 e. The summed E-state index contributed by atoms with van der Waals surface area (Å²) in [7, 11) is 0. The summed E-state index contributed by atoms with van der Waals surface area (Å²) in [6.07, 6.45) is 4.90. The van der Waals surface area contributed by atoms with E-state index in [2.05, 4.69) is 26.6 Å². The molecule has 1 saturated carbocycles. The second-order valence-electron chi connectivity index (χ2n) is 8.01. The Kier molecular flexibility index (Phi) is 5.15. The van der Waals surface area contributed by atoms with Crippen molar-refractivity contribution >= 4 is 29.3 Å². The van der Waals surface area contributed by atoms with Gasteiger partial charge in [0.2, 0.25) is 5.95 Å². The first kappa shape index (κ1) is 18.6. The van der Waals surface area contributed by atoms with E-state index in [9.17, 15) is 0 Å². The number of benzene rings is 1. The summed E-state index contributed by atoms with van der Waals surface area (Å²) < 4.78 is 13.5. The predicted molar refractivity (Wildman–Crippen MR) is 110 cm³/mol. The Labute approximate surface area is 174 Å². The molecule has 150 valence electrons. The average molecular weight is 421 g/mol. The highest BCUT2D eigenvalue weighted by Gasteiger charge is 2.32. The number of fused-ring (bicyclic) bond motifs is 1. The maximum atomic E-state index is 6.31. The van der Waals surface area contributed by atoms with Crippen molar-refractivity contribution in [3.05, 3.63) is 28.3 Å². The molecule has 5 rings (SSSR count). The molecule has 3 heterocycles. The van der Waals surface area contributed by atoms with Crippen LogP contribution in [-0.2, 0) is 17.1 Å². The van der Waals surface area contributed by atoms with Gasteiger partial charge < -0.3 is 14.4 Å². The van der Waals surface area contributed by atoms with Crippen LogP contribution in [-0.4, -0.2) is 34.6 Å². The summed E-state index contributed by atoms with van der Waals surface area (Å²) in [6, 6.07) is 4.46. The van der Waals surface area contributed by atoms with Crippen LogP contribution in [0.2, 0.25) is 5.02 Å². The molecule has 1 aromatic heterocycles. The summed E-state index contributed by atoms with van der Waals surface area (Å²) in [5.74, 6) is 3.52. The maximum absolute atomic E-state index is 6.31. The van der Waals surface area contributed by atoms with Gasteiger partial charge in [-0.2, -0.15) is 0 Å². The molecule has 0 N–H and O–H groups in total. The molecule has 2 aromatic rings. The van der Waals surface area contributed by atoms with Crippen LogP contribution in [0, 0.1) is 5.92 Å². The molecule has 2 fully saturated rings. The van der Waals surface area contributed by atoms with E-state index in [1.165, 1.54) is 25.7 Å². The van der Waals surface area contributed by atoms with E-state index in [0.29, 0.717) is 19.4 Å². The normalized spacial score (nSPS) is 20.1. The number of aromatic nitrogens is 3. The molecule has 3 aliphatic rings. The van der Waals surface area contributed by atoms with Crippen LogP contribution < -0.4 is 9.64 Å². The first-order valence-corrected chi connectivity index (χ1v) is 11.4. The highest BCUT2D eigenvalue weighted by atomic mass is 35.5. The zero-order valence-electron chi connectivity index (χ0n) is 16.1. The third-order valence-corrected chi connectivity index (χ3v) is 6.94. The van der Waals surface area contributed by atoms with Crippen LogP contribution in [0.3, 0.4) is 0 Å². The Morgan fingerprint density at radius 1 is 1.18 bits per heavy atom. The van der Waals surface area contributed by atoms with Crippen LogP contribution in [0.5, 0.6) is 5.75 Å². The van der Waals surface area contributed by atoms with E-state index in [1.807, 2.05) is 12.1 Å². The Bertz CT molecular complexity index is 862. The molecule has 2 aliphatic heterocycles. The largest absolute Gasteiger partial charge is 0.467 e. The lowest BCUT2D eigenvalue weighted by Crippen LogP contribution is -2.34. The van der Waals surface area contributed by atoms with Gasteiger partial charge in [0, 0.05) is 41.0 Å². The summed E-state index contributed by atoms with van der Waals surface area (Å²) in [6.45, 7) is 5.33.